The second-order valence-electron chi connectivity index (χ2n) is 11.5. The number of benzene rings is 2. The Morgan fingerprint density at radius 2 is 1.59 bits per heavy atom. The number of carbonyl (C=O) groups excluding carboxylic acids is 2. The van der Waals surface area contributed by atoms with Gasteiger partial charge in [-0.1, -0.05) is 68.5 Å². The number of rotatable bonds is 14. The standard InChI is InChI=1S/C32H44N4O4S/c1-25(2)23-30(33-24-31(37)36-20-18-35(19-21-36)28-15-16-28)32(38)34-27(14-13-26-9-5-3-6-10-26)17-22-41(39,40)29-11-7-4-8-12-29/h3-12,17,22,25,27-28,30,33H,13-16,18-21,23-24H2,1-2H3,(H,34,38)/b22-17+/t27-,30-/m0/s1. The summed E-state index contributed by atoms with van der Waals surface area (Å²) in [4.78, 5) is 31.0. The van der Waals surface area contributed by atoms with Gasteiger partial charge in [0.1, 0.15) is 0 Å². The van der Waals surface area contributed by atoms with Crippen molar-refractivity contribution >= 4 is 21.7 Å². The summed E-state index contributed by atoms with van der Waals surface area (Å²) in [6.45, 7) is 7.45. The molecule has 9 heteroatoms. The van der Waals surface area contributed by atoms with E-state index in [1.165, 1.54) is 18.2 Å². The van der Waals surface area contributed by atoms with Gasteiger partial charge in [0.2, 0.25) is 11.8 Å². The summed E-state index contributed by atoms with van der Waals surface area (Å²) in [6, 6.07) is 17.8. The molecule has 0 bridgehead atoms. The summed E-state index contributed by atoms with van der Waals surface area (Å²) in [7, 11) is -3.65. The number of aryl methyl sites for hydroxylation is 1. The molecule has 2 fully saturated rings. The van der Waals surface area contributed by atoms with E-state index in [1.54, 1.807) is 36.4 Å². The Kier molecular flexibility index (Phi) is 11.1. The number of hydrogen-bond acceptors (Lipinski definition) is 6. The lowest BCUT2D eigenvalue weighted by atomic mass is 10.0. The number of nitrogens with zero attached hydrogens (tertiary/aromatic N) is 2. The lowest BCUT2D eigenvalue weighted by Gasteiger charge is -2.35. The Hall–Kier alpha value is -3.01. The van der Waals surface area contributed by atoms with Crippen LogP contribution in [0.1, 0.15) is 45.1 Å². The summed E-state index contributed by atoms with van der Waals surface area (Å²) >= 11 is 0. The van der Waals surface area contributed by atoms with Crippen molar-refractivity contribution in [2.24, 2.45) is 5.92 Å². The van der Waals surface area contributed by atoms with E-state index in [1.807, 2.05) is 49.1 Å². The third-order valence-electron chi connectivity index (χ3n) is 7.73. The average molecular weight is 581 g/mol. The van der Waals surface area contributed by atoms with Crippen LogP contribution in [0.4, 0.5) is 0 Å². The predicted octanol–water partition coefficient (Wildman–Crippen LogP) is 3.40. The molecule has 2 aromatic rings. The van der Waals surface area contributed by atoms with Crippen LogP contribution in [0.5, 0.6) is 0 Å². The fraction of sp³-hybridized carbons (Fsp3) is 0.500. The van der Waals surface area contributed by atoms with Crippen molar-refractivity contribution in [1.29, 1.82) is 0 Å². The molecule has 2 atom stereocenters. The van der Waals surface area contributed by atoms with Crippen LogP contribution in [-0.2, 0) is 25.8 Å². The molecule has 0 spiro atoms. The van der Waals surface area contributed by atoms with Crippen LogP contribution in [0.2, 0.25) is 0 Å². The fourth-order valence-corrected chi connectivity index (χ4v) is 6.30. The second kappa shape index (κ2) is 14.8. The molecule has 41 heavy (non-hydrogen) atoms. The first-order valence-electron chi connectivity index (χ1n) is 14.8. The Bertz CT molecular complexity index is 1260. The number of sulfone groups is 1. The maximum absolute atomic E-state index is 13.5. The topological polar surface area (TPSA) is 98.8 Å². The highest BCUT2D eigenvalue weighted by molar-refractivity contribution is 7.94. The van der Waals surface area contributed by atoms with Crippen molar-refractivity contribution < 1.29 is 18.0 Å². The summed E-state index contributed by atoms with van der Waals surface area (Å²) in [6.07, 6.45) is 5.87. The van der Waals surface area contributed by atoms with Crippen molar-refractivity contribution in [3.8, 4) is 0 Å². The SMILES string of the molecule is CC(C)C[C@H](NCC(=O)N1CCN(C2CC2)CC1)C(=O)N[C@H](/C=C/S(=O)(=O)c1ccccc1)CCc1ccccc1. The number of carbonyl (C=O) groups is 2. The normalized spacial score (nSPS) is 18.0. The highest BCUT2D eigenvalue weighted by Gasteiger charge is 2.32. The lowest BCUT2D eigenvalue weighted by molar-refractivity contribution is -0.132. The van der Waals surface area contributed by atoms with Crippen molar-refractivity contribution in [1.82, 2.24) is 20.4 Å². The molecule has 222 valence electrons. The molecular formula is C32H44N4O4S. The number of hydrogen-bond donors (Lipinski definition) is 2. The van der Waals surface area contributed by atoms with Gasteiger partial charge in [0, 0.05) is 43.7 Å². The molecule has 2 N–H and O–H groups in total. The van der Waals surface area contributed by atoms with Gasteiger partial charge in [-0.15, -0.1) is 0 Å². The van der Waals surface area contributed by atoms with E-state index in [9.17, 15) is 18.0 Å². The van der Waals surface area contributed by atoms with E-state index >= 15 is 0 Å². The smallest absolute Gasteiger partial charge is 0.237 e. The Morgan fingerprint density at radius 3 is 2.20 bits per heavy atom. The second-order valence-corrected chi connectivity index (χ2v) is 13.4. The maximum Gasteiger partial charge on any atom is 0.237 e. The van der Waals surface area contributed by atoms with Crippen molar-refractivity contribution in [3.63, 3.8) is 0 Å². The van der Waals surface area contributed by atoms with Gasteiger partial charge in [0.05, 0.1) is 17.5 Å². The molecule has 0 radical (unpaired) electrons. The third kappa shape index (κ3) is 9.80. The van der Waals surface area contributed by atoms with Crippen LogP contribution in [-0.4, -0.2) is 80.9 Å². The summed E-state index contributed by atoms with van der Waals surface area (Å²) in [5.74, 6) is 0.00793. The number of amides is 2. The summed E-state index contributed by atoms with van der Waals surface area (Å²) in [5.41, 5.74) is 1.11. The van der Waals surface area contributed by atoms with E-state index in [-0.39, 0.29) is 29.2 Å². The molecule has 2 aromatic carbocycles. The molecule has 0 unspecified atom stereocenters. The van der Waals surface area contributed by atoms with Gasteiger partial charge in [-0.05, 0) is 55.7 Å². The minimum absolute atomic E-state index is 0.0106. The molecule has 1 aliphatic carbocycles. The summed E-state index contributed by atoms with van der Waals surface area (Å²) < 4.78 is 25.8. The molecule has 1 saturated heterocycles. The highest BCUT2D eigenvalue weighted by Crippen LogP contribution is 2.27. The number of piperazine rings is 1. The first-order chi connectivity index (χ1) is 19.7. The third-order valence-corrected chi connectivity index (χ3v) is 9.17. The van der Waals surface area contributed by atoms with Crippen molar-refractivity contribution in [2.75, 3.05) is 32.7 Å². The molecule has 1 aliphatic heterocycles. The Labute approximate surface area is 245 Å². The number of nitrogens with one attached hydrogen (secondary N) is 2. The van der Waals surface area contributed by atoms with E-state index in [0.29, 0.717) is 25.3 Å². The van der Waals surface area contributed by atoms with Gasteiger partial charge in [-0.2, -0.15) is 0 Å². The minimum Gasteiger partial charge on any atom is -0.349 e. The van der Waals surface area contributed by atoms with Crippen LogP contribution in [0.3, 0.4) is 0 Å². The zero-order chi connectivity index (χ0) is 29.2. The van der Waals surface area contributed by atoms with Crippen molar-refractivity contribution in [2.45, 2.75) is 69.0 Å². The molecule has 1 saturated carbocycles. The fourth-order valence-electron chi connectivity index (χ4n) is 5.21. The molecule has 2 amide bonds. The zero-order valence-electron chi connectivity index (χ0n) is 24.2. The first-order valence-corrected chi connectivity index (χ1v) is 16.3. The van der Waals surface area contributed by atoms with Gasteiger partial charge in [-0.3, -0.25) is 19.8 Å². The predicted molar refractivity (Wildman–Crippen MR) is 162 cm³/mol. The van der Waals surface area contributed by atoms with E-state index in [0.717, 1.165) is 31.7 Å². The van der Waals surface area contributed by atoms with Crippen LogP contribution in [0.25, 0.3) is 0 Å². The Morgan fingerprint density at radius 1 is 0.951 bits per heavy atom. The van der Waals surface area contributed by atoms with Crippen LogP contribution in [0.15, 0.2) is 77.0 Å². The van der Waals surface area contributed by atoms with Gasteiger partial charge >= 0.3 is 0 Å². The van der Waals surface area contributed by atoms with Crippen LogP contribution >= 0.6 is 0 Å². The van der Waals surface area contributed by atoms with Crippen LogP contribution < -0.4 is 10.6 Å². The Balaban J connectivity index is 1.39. The monoisotopic (exact) mass is 580 g/mol. The molecule has 0 aromatic heterocycles. The van der Waals surface area contributed by atoms with Crippen LogP contribution in [0, 0.1) is 5.92 Å². The molecule has 2 aliphatic rings. The average Bonchev–Trinajstić information content (AvgIpc) is 3.83. The maximum atomic E-state index is 13.5. The van der Waals surface area contributed by atoms with E-state index in [2.05, 4.69) is 15.5 Å². The largest absolute Gasteiger partial charge is 0.349 e. The molecule has 1 heterocycles. The van der Waals surface area contributed by atoms with E-state index < -0.39 is 21.9 Å². The quantitative estimate of drug-likeness (QED) is 0.356. The van der Waals surface area contributed by atoms with Gasteiger partial charge in [0.15, 0.2) is 9.84 Å². The first kappa shape index (κ1) is 30.9. The van der Waals surface area contributed by atoms with Crippen molar-refractivity contribution in [3.05, 3.63) is 77.7 Å². The highest BCUT2D eigenvalue weighted by atomic mass is 32.2. The minimum atomic E-state index is -3.65. The lowest BCUT2D eigenvalue weighted by Crippen LogP contribution is -2.54. The van der Waals surface area contributed by atoms with Gasteiger partial charge < -0.3 is 10.2 Å². The molecule has 4 rings (SSSR count). The molecule has 8 nitrogen and oxygen atoms in total. The molecular weight excluding hydrogens is 536 g/mol. The van der Waals surface area contributed by atoms with E-state index in [4.69, 9.17) is 0 Å². The van der Waals surface area contributed by atoms with Gasteiger partial charge in [-0.25, -0.2) is 8.42 Å². The summed E-state index contributed by atoms with van der Waals surface area (Å²) in [5, 5.41) is 7.46. The van der Waals surface area contributed by atoms with Gasteiger partial charge in [0.25, 0.3) is 0 Å². The zero-order valence-corrected chi connectivity index (χ0v) is 25.1.